The molecular weight excluding hydrogens is 488 g/mol. The summed E-state index contributed by atoms with van der Waals surface area (Å²) in [4.78, 5) is 25.8. The maximum absolute atomic E-state index is 13.0. The Morgan fingerprint density at radius 2 is 1.85 bits per heavy atom. The predicted octanol–water partition coefficient (Wildman–Crippen LogP) is 5.71. The van der Waals surface area contributed by atoms with Crippen LogP contribution in [0.1, 0.15) is 43.7 Å². The molecule has 2 rings (SSSR count). The van der Waals surface area contributed by atoms with E-state index in [2.05, 4.69) is 0 Å². The van der Waals surface area contributed by atoms with Crippen LogP contribution in [-0.4, -0.2) is 16.1 Å². The molecular formula is C19H20Cl2INO3. The average Bonchev–Trinajstić information content (AvgIpc) is 2.53. The second kappa shape index (κ2) is 7.90. The van der Waals surface area contributed by atoms with Crippen molar-refractivity contribution in [1.82, 2.24) is 4.57 Å². The second-order valence-corrected chi connectivity index (χ2v) is 8.72. The smallest absolute Gasteiger partial charge is 0.344 e. The minimum absolute atomic E-state index is 0.00941. The lowest BCUT2D eigenvalue weighted by Gasteiger charge is -2.23. The number of carbonyl (C=O) groups is 1. The van der Waals surface area contributed by atoms with E-state index >= 15 is 0 Å². The van der Waals surface area contributed by atoms with Crippen LogP contribution in [0.5, 0.6) is 0 Å². The Bertz CT molecular complexity index is 930. The van der Waals surface area contributed by atoms with Crippen LogP contribution in [0, 0.1) is 10.5 Å². The van der Waals surface area contributed by atoms with E-state index in [1.54, 1.807) is 39.0 Å². The van der Waals surface area contributed by atoms with Gasteiger partial charge in [-0.25, -0.2) is 4.79 Å². The molecule has 0 N–H and O–H groups in total. The lowest BCUT2D eigenvalue weighted by Crippen LogP contribution is -2.31. The van der Waals surface area contributed by atoms with E-state index in [1.807, 2.05) is 41.0 Å². The molecule has 0 radical (unpaired) electrons. The Kier molecular flexibility index (Phi) is 6.46. The molecule has 0 saturated carbocycles. The van der Waals surface area contributed by atoms with Crippen LogP contribution in [0.3, 0.4) is 0 Å². The van der Waals surface area contributed by atoms with Crippen molar-refractivity contribution in [3.8, 4) is 11.3 Å². The van der Waals surface area contributed by atoms with Gasteiger partial charge in [0.25, 0.3) is 0 Å². The Morgan fingerprint density at radius 1 is 1.23 bits per heavy atom. The molecule has 2 aromatic rings. The molecule has 0 unspecified atom stereocenters. The predicted molar refractivity (Wildman–Crippen MR) is 114 cm³/mol. The molecule has 0 saturated heterocycles. The molecule has 140 valence electrons. The Hall–Kier alpha value is -1.05. The van der Waals surface area contributed by atoms with E-state index < -0.39 is 11.6 Å². The molecule has 0 atom stereocenters. The van der Waals surface area contributed by atoms with Crippen molar-refractivity contribution in [2.24, 2.45) is 0 Å². The molecule has 0 aliphatic carbocycles. The molecule has 1 heterocycles. The van der Waals surface area contributed by atoms with Crippen LogP contribution in [0.2, 0.25) is 10.0 Å². The van der Waals surface area contributed by atoms with Gasteiger partial charge in [0.15, 0.2) is 0 Å². The van der Waals surface area contributed by atoms with Crippen LogP contribution in [-0.2, 0) is 11.3 Å². The number of ether oxygens (including phenoxy) is 1. The molecule has 0 spiro atoms. The second-order valence-electron chi connectivity index (χ2n) is 6.83. The van der Waals surface area contributed by atoms with Crippen LogP contribution in [0.25, 0.3) is 11.3 Å². The fraction of sp³-hybridized carbons (Fsp3) is 0.368. The summed E-state index contributed by atoms with van der Waals surface area (Å²) in [6, 6.07) is 5.05. The number of benzene rings is 1. The highest BCUT2D eigenvalue weighted by Crippen LogP contribution is 2.32. The minimum atomic E-state index is -0.716. The summed E-state index contributed by atoms with van der Waals surface area (Å²) in [5.41, 5.74) is 0.859. The highest BCUT2D eigenvalue weighted by Gasteiger charge is 2.28. The number of hydrogen-bond acceptors (Lipinski definition) is 3. The van der Waals surface area contributed by atoms with Crippen LogP contribution < -0.4 is 5.43 Å². The number of rotatable bonds is 3. The summed E-state index contributed by atoms with van der Waals surface area (Å²) in [7, 11) is 0. The standard InChI is InChI=1S/C19H20Cl2INO3/c1-6-23-10(2)15(22)17(24)14(18(25)26-19(3,4)5)16(23)11-7-8-12(20)13(21)9-11/h7-9H,6H2,1-5H3. The van der Waals surface area contributed by atoms with E-state index in [4.69, 9.17) is 27.9 Å². The van der Waals surface area contributed by atoms with Gasteiger partial charge in [0, 0.05) is 17.8 Å². The van der Waals surface area contributed by atoms with Gasteiger partial charge in [0.1, 0.15) is 11.2 Å². The van der Waals surface area contributed by atoms with Crippen molar-refractivity contribution in [2.75, 3.05) is 0 Å². The zero-order chi connectivity index (χ0) is 19.8. The largest absolute Gasteiger partial charge is 0.456 e. The quantitative estimate of drug-likeness (QED) is 0.395. The SMILES string of the molecule is CCn1c(C)c(I)c(=O)c(C(=O)OC(C)(C)C)c1-c1ccc(Cl)c(Cl)c1. The van der Waals surface area contributed by atoms with Gasteiger partial charge in [-0.05, 0) is 69.3 Å². The fourth-order valence-corrected chi connectivity index (χ4v) is 3.52. The molecule has 4 nitrogen and oxygen atoms in total. The topological polar surface area (TPSA) is 48.3 Å². The summed E-state index contributed by atoms with van der Waals surface area (Å²) in [5, 5.41) is 0.757. The fourth-order valence-electron chi connectivity index (χ4n) is 2.66. The number of esters is 1. The summed E-state index contributed by atoms with van der Waals surface area (Å²) in [5.74, 6) is -0.649. The Balaban J connectivity index is 2.89. The maximum Gasteiger partial charge on any atom is 0.344 e. The summed E-state index contributed by atoms with van der Waals surface area (Å²) < 4.78 is 7.91. The number of nitrogens with zero attached hydrogens (tertiary/aromatic N) is 1. The number of pyridine rings is 1. The van der Waals surface area contributed by atoms with Crippen molar-refractivity contribution in [3.05, 3.63) is 53.3 Å². The molecule has 0 aliphatic heterocycles. The van der Waals surface area contributed by atoms with Crippen molar-refractivity contribution >= 4 is 51.8 Å². The van der Waals surface area contributed by atoms with Gasteiger partial charge in [0.05, 0.1) is 19.3 Å². The third-order valence-corrected chi connectivity index (χ3v) is 5.78. The van der Waals surface area contributed by atoms with Gasteiger partial charge >= 0.3 is 5.97 Å². The van der Waals surface area contributed by atoms with E-state index in [9.17, 15) is 9.59 Å². The molecule has 0 fully saturated rings. The van der Waals surface area contributed by atoms with Gasteiger partial charge in [-0.1, -0.05) is 29.3 Å². The molecule has 7 heteroatoms. The van der Waals surface area contributed by atoms with Crippen molar-refractivity contribution in [3.63, 3.8) is 0 Å². The van der Waals surface area contributed by atoms with Crippen molar-refractivity contribution < 1.29 is 9.53 Å². The van der Waals surface area contributed by atoms with E-state index in [0.717, 1.165) is 5.69 Å². The van der Waals surface area contributed by atoms with Gasteiger partial charge in [-0.3, -0.25) is 4.79 Å². The summed E-state index contributed by atoms with van der Waals surface area (Å²) in [6.45, 7) is 9.68. The molecule has 26 heavy (non-hydrogen) atoms. The normalized spacial score (nSPS) is 11.5. The first kappa shape index (κ1) is 21.3. The van der Waals surface area contributed by atoms with Gasteiger partial charge < -0.3 is 9.30 Å². The first-order chi connectivity index (χ1) is 12.0. The Morgan fingerprint density at radius 3 is 2.35 bits per heavy atom. The molecule has 0 bridgehead atoms. The third-order valence-electron chi connectivity index (χ3n) is 3.77. The highest BCUT2D eigenvalue weighted by atomic mass is 127. The highest BCUT2D eigenvalue weighted by molar-refractivity contribution is 14.1. The van der Waals surface area contributed by atoms with Crippen LogP contribution >= 0.6 is 45.8 Å². The monoisotopic (exact) mass is 507 g/mol. The lowest BCUT2D eigenvalue weighted by molar-refractivity contribution is 0.00681. The van der Waals surface area contributed by atoms with Gasteiger partial charge in [-0.2, -0.15) is 0 Å². The number of carbonyl (C=O) groups excluding carboxylic acids is 1. The maximum atomic E-state index is 13.0. The molecule has 1 aromatic heterocycles. The molecule has 0 amide bonds. The average molecular weight is 508 g/mol. The molecule has 1 aromatic carbocycles. The summed E-state index contributed by atoms with van der Waals surface area (Å²) in [6.07, 6.45) is 0. The van der Waals surface area contributed by atoms with Crippen LogP contribution in [0.4, 0.5) is 0 Å². The first-order valence-corrected chi connectivity index (χ1v) is 9.93. The number of hydrogen-bond donors (Lipinski definition) is 0. The van der Waals surface area contributed by atoms with Gasteiger partial charge in [-0.15, -0.1) is 0 Å². The van der Waals surface area contributed by atoms with Crippen LogP contribution in [0.15, 0.2) is 23.0 Å². The number of aromatic nitrogens is 1. The van der Waals surface area contributed by atoms with Crippen molar-refractivity contribution in [2.45, 2.75) is 46.8 Å². The summed E-state index contributed by atoms with van der Waals surface area (Å²) >= 11 is 14.2. The van der Waals surface area contributed by atoms with Crippen molar-refractivity contribution in [1.29, 1.82) is 0 Å². The van der Waals surface area contributed by atoms with Gasteiger partial charge in [0.2, 0.25) is 5.43 Å². The van der Waals surface area contributed by atoms with E-state index in [-0.39, 0.29) is 11.0 Å². The lowest BCUT2D eigenvalue weighted by atomic mass is 10.0. The third kappa shape index (κ3) is 4.26. The molecule has 0 aliphatic rings. The Labute approximate surface area is 176 Å². The zero-order valence-electron chi connectivity index (χ0n) is 15.2. The number of halogens is 3. The van der Waals surface area contributed by atoms with E-state index in [1.165, 1.54) is 0 Å². The van der Waals surface area contributed by atoms with E-state index in [0.29, 0.717) is 31.4 Å². The minimum Gasteiger partial charge on any atom is -0.456 e. The first-order valence-electron chi connectivity index (χ1n) is 8.09. The zero-order valence-corrected chi connectivity index (χ0v) is 18.9.